The summed E-state index contributed by atoms with van der Waals surface area (Å²) in [6.45, 7) is 6.66. The second kappa shape index (κ2) is 5.19. The summed E-state index contributed by atoms with van der Waals surface area (Å²) in [7, 11) is -1.44. The molecule has 1 rings (SSSR count). The molecule has 0 spiro atoms. The topological polar surface area (TPSA) is 49.7 Å². The summed E-state index contributed by atoms with van der Waals surface area (Å²) < 4.78 is 5.52. The highest BCUT2D eigenvalue weighted by molar-refractivity contribution is 6.58. The van der Waals surface area contributed by atoms with Crippen molar-refractivity contribution in [1.82, 2.24) is 0 Å². The molecule has 0 radical (unpaired) electrons. The first-order valence-electron chi connectivity index (χ1n) is 5.09. The lowest BCUT2D eigenvalue weighted by molar-refractivity contribution is 0.271. The van der Waals surface area contributed by atoms with Crippen molar-refractivity contribution in [1.29, 1.82) is 0 Å². The average Bonchev–Trinajstić information content (AvgIpc) is 2.13. The van der Waals surface area contributed by atoms with Gasteiger partial charge in [-0.15, -0.1) is 0 Å². The van der Waals surface area contributed by atoms with Crippen molar-refractivity contribution in [2.75, 3.05) is 6.61 Å². The lowest BCUT2D eigenvalue weighted by atomic mass is 9.79. The van der Waals surface area contributed by atoms with Gasteiger partial charge >= 0.3 is 7.12 Å². The van der Waals surface area contributed by atoms with Crippen LogP contribution in [0, 0.1) is 12.8 Å². The van der Waals surface area contributed by atoms with E-state index in [4.69, 9.17) is 14.8 Å². The second-order valence-electron chi connectivity index (χ2n) is 4.16. The molecule has 0 heterocycles. The van der Waals surface area contributed by atoms with Crippen molar-refractivity contribution in [3.05, 3.63) is 23.8 Å². The van der Waals surface area contributed by atoms with E-state index in [0.29, 0.717) is 23.7 Å². The minimum atomic E-state index is -1.44. The van der Waals surface area contributed by atoms with E-state index in [1.807, 2.05) is 13.0 Å². The molecule has 0 atom stereocenters. The van der Waals surface area contributed by atoms with Crippen LogP contribution >= 0.6 is 0 Å². The van der Waals surface area contributed by atoms with E-state index in [0.717, 1.165) is 5.56 Å². The Labute approximate surface area is 90.9 Å². The predicted octanol–water partition coefficient (Wildman–Crippen LogP) is 0.710. The summed E-state index contributed by atoms with van der Waals surface area (Å²) in [6.07, 6.45) is 0. The third kappa shape index (κ3) is 3.94. The van der Waals surface area contributed by atoms with Gasteiger partial charge < -0.3 is 14.8 Å². The van der Waals surface area contributed by atoms with Crippen molar-refractivity contribution in [3.8, 4) is 5.75 Å². The minimum Gasteiger partial charge on any atom is -0.493 e. The largest absolute Gasteiger partial charge is 0.493 e. The summed E-state index contributed by atoms with van der Waals surface area (Å²) in [4.78, 5) is 0. The first-order chi connectivity index (χ1) is 6.99. The van der Waals surface area contributed by atoms with Crippen LogP contribution in [-0.2, 0) is 0 Å². The third-order valence-electron chi connectivity index (χ3n) is 1.95. The molecule has 1 aromatic rings. The maximum atomic E-state index is 9.05. The van der Waals surface area contributed by atoms with Gasteiger partial charge in [0.05, 0.1) is 6.61 Å². The van der Waals surface area contributed by atoms with Crippen LogP contribution in [0.25, 0.3) is 0 Å². The van der Waals surface area contributed by atoms with Gasteiger partial charge in [0.1, 0.15) is 5.75 Å². The Kier molecular flexibility index (Phi) is 4.18. The SMILES string of the molecule is Cc1cc(OCC(C)C)cc(B(O)O)c1. The highest BCUT2D eigenvalue weighted by Gasteiger charge is 2.12. The number of aryl methyl sites for hydroxylation is 1. The van der Waals surface area contributed by atoms with Crippen LogP contribution in [0.1, 0.15) is 19.4 Å². The fourth-order valence-corrected chi connectivity index (χ4v) is 1.27. The number of benzene rings is 1. The smallest absolute Gasteiger partial charge is 0.488 e. The molecule has 2 N–H and O–H groups in total. The zero-order valence-corrected chi connectivity index (χ0v) is 9.40. The van der Waals surface area contributed by atoms with E-state index in [1.54, 1.807) is 12.1 Å². The van der Waals surface area contributed by atoms with Gasteiger partial charge in [0.15, 0.2) is 0 Å². The van der Waals surface area contributed by atoms with Gasteiger partial charge in [-0.1, -0.05) is 19.9 Å². The molecule has 4 heteroatoms. The summed E-state index contributed by atoms with van der Waals surface area (Å²) in [6, 6.07) is 5.27. The van der Waals surface area contributed by atoms with Crippen molar-refractivity contribution in [3.63, 3.8) is 0 Å². The van der Waals surface area contributed by atoms with E-state index >= 15 is 0 Å². The molecule has 0 aromatic heterocycles. The third-order valence-corrected chi connectivity index (χ3v) is 1.95. The van der Waals surface area contributed by atoms with Crippen molar-refractivity contribution in [2.24, 2.45) is 5.92 Å². The number of rotatable bonds is 4. The van der Waals surface area contributed by atoms with Crippen LogP contribution in [0.2, 0.25) is 0 Å². The van der Waals surface area contributed by atoms with E-state index in [-0.39, 0.29) is 0 Å². The Hall–Kier alpha value is -0.995. The molecular weight excluding hydrogens is 191 g/mol. The molecule has 0 fully saturated rings. The van der Waals surface area contributed by atoms with Gasteiger partial charge in [-0.2, -0.15) is 0 Å². The van der Waals surface area contributed by atoms with Gasteiger partial charge in [-0.3, -0.25) is 0 Å². The summed E-state index contributed by atoms with van der Waals surface area (Å²) in [5, 5.41) is 18.1. The maximum absolute atomic E-state index is 9.05. The van der Waals surface area contributed by atoms with Crippen molar-refractivity contribution in [2.45, 2.75) is 20.8 Å². The Morgan fingerprint density at radius 2 is 1.93 bits per heavy atom. The summed E-state index contributed by atoms with van der Waals surface area (Å²) >= 11 is 0. The molecule has 1 aromatic carbocycles. The zero-order chi connectivity index (χ0) is 11.4. The molecular formula is C11H17BO3. The zero-order valence-electron chi connectivity index (χ0n) is 9.40. The van der Waals surface area contributed by atoms with Gasteiger partial charge in [0, 0.05) is 0 Å². The van der Waals surface area contributed by atoms with E-state index in [1.165, 1.54) is 0 Å². The fourth-order valence-electron chi connectivity index (χ4n) is 1.27. The second-order valence-corrected chi connectivity index (χ2v) is 4.16. The van der Waals surface area contributed by atoms with Crippen molar-refractivity contribution < 1.29 is 14.8 Å². The van der Waals surface area contributed by atoms with Crippen LogP contribution in [0.15, 0.2) is 18.2 Å². The molecule has 3 nitrogen and oxygen atoms in total. The Bertz CT molecular complexity index is 324. The van der Waals surface area contributed by atoms with E-state index in [2.05, 4.69) is 13.8 Å². The van der Waals surface area contributed by atoms with Gasteiger partial charge in [0.25, 0.3) is 0 Å². The molecule has 15 heavy (non-hydrogen) atoms. The van der Waals surface area contributed by atoms with E-state index < -0.39 is 7.12 Å². The quantitative estimate of drug-likeness (QED) is 0.716. The minimum absolute atomic E-state index is 0.452. The van der Waals surface area contributed by atoms with Gasteiger partial charge in [-0.25, -0.2) is 0 Å². The molecule has 0 bridgehead atoms. The average molecular weight is 208 g/mol. The number of ether oxygens (including phenoxy) is 1. The maximum Gasteiger partial charge on any atom is 0.488 e. The Morgan fingerprint density at radius 3 is 2.47 bits per heavy atom. The molecule has 0 saturated carbocycles. The molecule has 0 unspecified atom stereocenters. The number of hydrogen-bond acceptors (Lipinski definition) is 3. The van der Waals surface area contributed by atoms with Crippen LogP contribution < -0.4 is 10.2 Å². The Balaban J connectivity index is 2.79. The lowest BCUT2D eigenvalue weighted by Gasteiger charge is -2.11. The first-order valence-corrected chi connectivity index (χ1v) is 5.09. The fraction of sp³-hybridized carbons (Fsp3) is 0.455. The van der Waals surface area contributed by atoms with E-state index in [9.17, 15) is 0 Å². The number of hydrogen-bond donors (Lipinski definition) is 2. The summed E-state index contributed by atoms with van der Waals surface area (Å²) in [5.41, 5.74) is 1.42. The predicted molar refractivity (Wildman–Crippen MR) is 61.3 cm³/mol. The first kappa shape index (κ1) is 12.1. The van der Waals surface area contributed by atoms with Crippen molar-refractivity contribution >= 4 is 12.6 Å². The van der Waals surface area contributed by atoms with Gasteiger partial charge in [-0.05, 0) is 36.0 Å². The standard InChI is InChI=1S/C11H17BO3/c1-8(2)7-15-11-5-9(3)4-10(6-11)12(13)14/h4-6,8,13-14H,7H2,1-3H3. The summed E-state index contributed by atoms with van der Waals surface area (Å²) in [5.74, 6) is 1.14. The molecule has 0 aliphatic rings. The van der Waals surface area contributed by atoms with Gasteiger partial charge in [0.2, 0.25) is 0 Å². The lowest BCUT2D eigenvalue weighted by Crippen LogP contribution is -2.30. The van der Waals surface area contributed by atoms with Crippen LogP contribution in [0.3, 0.4) is 0 Å². The highest BCUT2D eigenvalue weighted by atomic mass is 16.5. The monoisotopic (exact) mass is 208 g/mol. The molecule has 0 aliphatic heterocycles. The Morgan fingerprint density at radius 1 is 1.27 bits per heavy atom. The van der Waals surface area contributed by atoms with Crippen LogP contribution in [0.4, 0.5) is 0 Å². The molecule has 0 saturated heterocycles. The molecule has 82 valence electrons. The van der Waals surface area contributed by atoms with Crippen LogP contribution in [0.5, 0.6) is 5.75 Å². The van der Waals surface area contributed by atoms with Crippen LogP contribution in [-0.4, -0.2) is 23.8 Å². The highest BCUT2D eigenvalue weighted by Crippen LogP contribution is 2.12. The molecule has 0 aliphatic carbocycles. The molecule has 0 amide bonds. The normalized spacial score (nSPS) is 10.5.